The van der Waals surface area contributed by atoms with Crippen LogP contribution < -0.4 is 5.32 Å². The molecule has 0 bridgehead atoms. The summed E-state index contributed by atoms with van der Waals surface area (Å²) in [6, 6.07) is 19.2. The van der Waals surface area contributed by atoms with E-state index in [-0.39, 0.29) is 6.04 Å². The second-order valence-electron chi connectivity index (χ2n) is 5.17. The molecule has 2 aromatic carbocycles. The Kier molecular flexibility index (Phi) is 3.84. The summed E-state index contributed by atoms with van der Waals surface area (Å²) >= 11 is 0. The fourth-order valence-electron chi connectivity index (χ4n) is 2.57. The highest BCUT2D eigenvalue weighted by Gasteiger charge is 2.14. The van der Waals surface area contributed by atoms with Crippen molar-refractivity contribution in [3.63, 3.8) is 0 Å². The highest BCUT2D eigenvalue weighted by atomic mass is 15.0. The van der Waals surface area contributed by atoms with Crippen molar-refractivity contribution < 1.29 is 0 Å². The van der Waals surface area contributed by atoms with E-state index in [9.17, 15) is 0 Å². The molecular formula is C18H19N3. The first-order valence-electron chi connectivity index (χ1n) is 7.08. The molecule has 0 amide bonds. The standard InChI is InChI=1S/C18H19N3/c1-19-18(17-12-21(2)13-20-17)16-10-8-15(9-11-16)14-6-4-3-5-7-14/h3-13,18-19H,1-2H3. The highest BCUT2D eigenvalue weighted by Crippen LogP contribution is 2.24. The third kappa shape index (κ3) is 2.88. The molecule has 3 nitrogen and oxygen atoms in total. The Morgan fingerprint density at radius 2 is 1.62 bits per heavy atom. The normalized spacial score (nSPS) is 12.3. The number of rotatable bonds is 4. The van der Waals surface area contributed by atoms with Gasteiger partial charge in [-0.25, -0.2) is 4.98 Å². The van der Waals surface area contributed by atoms with Gasteiger partial charge in [0, 0.05) is 13.2 Å². The van der Waals surface area contributed by atoms with Gasteiger partial charge in [0.1, 0.15) is 0 Å². The minimum absolute atomic E-state index is 0.121. The molecule has 3 aromatic rings. The fourth-order valence-corrected chi connectivity index (χ4v) is 2.57. The van der Waals surface area contributed by atoms with Crippen molar-refractivity contribution in [1.82, 2.24) is 14.9 Å². The SMILES string of the molecule is CNC(c1ccc(-c2ccccc2)cc1)c1cn(C)cn1. The number of imidazole rings is 1. The Labute approximate surface area is 125 Å². The molecule has 0 aliphatic heterocycles. The van der Waals surface area contributed by atoms with E-state index in [0.717, 1.165) is 5.69 Å². The Morgan fingerprint density at radius 1 is 0.952 bits per heavy atom. The number of aryl methyl sites for hydroxylation is 1. The quantitative estimate of drug-likeness (QED) is 0.792. The minimum atomic E-state index is 0.121. The van der Waals surface area contributed by atoms with Crippen LogP contribution in [-0.2, 0) is 7.05 Å². The van der Waals surface area contributed by atoms with Crippen molar-refractivity contribution in [2.75, 3.05) is 7.05 Å². The molecule has 3 heteroatoms. The maximum absolute atomic E-state index is 4.44. The highest BCUT2D eigenvalue weighted by molar-refractivity contribution is 5.63. The molecule has 1 heterocycles. The summed E-state index contributed by atoms with van der Waals surface area (Å²) in [5, 5.41) is 3.33. The van der Waals surface area contributed by atoms with Crippen LogP contribution in [0.15, 0.2) is 67.1 Å². The topological polar surface area (TPSA) is 29.9 Å². The lowest BCUT2D eigenvalue weighted by Crippen LogP contribution is -2.17. The average Bonchev–Trinajstić information content (AvgIpc) is 2.96. The molecule has 0 fully saturated rings. The monoisotopic (exact) mass is 277 g/mol. The van der Waals surface area contributed by atoms with E-state index in [1.165, 1.54) is 16.7 Å². The van der Waals surface area contributed by atoms with Crippen LogP contribution in [0.25, 0.3) is 11.1 Å². The van der Waals surface area contributed by atoms with Gasteiger partial charge in [0.25, 0.3) is 0 Å². The van der Waals surface area contributed by atoms with Gasteiger partial charge in [0.2, 0.25) is 0 Å². The largest absolute Gasteiger partial charge is 0.340 e. The fraction of sp³-hybridized carbons (Fsp3) is 0.167. The summed E-state index contributed by atoms with van der Waals surface area (Å²) < 4.78 is 1.97. The molecule has 1 N–H and O–H groups in total. The molecule has 0 aliphatic rings. The lowest BCUT2D eigenvalue weighted by Gasteiger charge is -2.15. The van der Waals surface area contributed by atoms with Crippen molar-refractivity contribution >= 4 is 0 Å². The number of nitrogens with zero attached hydrogens (tertiary/aromatic N) is 2. The number of aromatic nitrogens is 2. The van der Waals surface area contributed by atoms with E-state index in [1.54, 1.807) is 0 Å². The van der Waals surface area contributed by atoms with Crippen molar-refractivity contribution in [3.05, 3.63) is 78.4 Å². The Hall–Kier alpha value is -2.39. The van der Waals surface area contributed by atoms with Crippen LogP contribution in [0.5, 0.6) is 0 Å². The number of benzene rings is 2. The number of nitrogens with one attached hydrogen (secondary N) is 1. The zero-order chi connectivity index (χ0) is 14.7. The van der Waals surface area contributed by atoms with Crippen LogP contribution in [0, 0.1) is 0 Å². The van der Waals surface area contributed by atoms with E-state index in [0.29, 0.717) is 0 Å². The Bertz CT molecular complexity index is 699. The average molecular weight is 277 g/mol. The molecule has 1 aromatic heterocycles. The van der Waals surface area contributed by atoms with Crippen molar-refractivity contribution in [2.45, 2.75) is 6.04 Å². The first-order valence-corrected chi connectivity index (χ1v) is 7.08. The third-order valence-electron chi connectivity index (χ3n) is 3.66. The molecule has 0 saturated carbocycles. The van der Waals surface area contributed by atoms with Crippen LogP contribution in [0.1, 0.15) is 17.3 Å². The Morgan fingerprint density at radius 3 is 2.19 bits per heavy atom. The van der Waals surface area contributed by atoms with Crippen LogP contribution in [0.2, 0.25) is 0 Å². The summed E-state index contributed by atoms with van der Waals surface area (Å²) in [5.41, 5.74) is 4.72. The second-order valence-corrected chi connectivity index (χ2v) is 5.17. The van der Waals surface area contributed by atoms with E-state index in [2.05, 4.69) is 58.8 Å². The zero-order valence-corrected chi connectivity index (χ0v) is 12.3. The smallest absolute Gasteiger partial charge is 0.0947 e. The van der Waals surface area contributed by atoms with Crippen LogP contribution in [-0.4, -0.2) is 16.6 Å². The van der Waals surface area contributed by atoms with E-state index < -0.39 is 0 Å². The molecule has 0 aliphatic carbocycles. The van der Waals surface area contributed by atoms with Crippen LogP contribution in [0.4, 0.5) is 0 Å². The van der Waals surface area contributed by atoms with Crippen LogP contribution in [0.3, 0.4) is 0 Å². The maximum atomic E-state index is 4.44. The van der Waals surface area contributed by atoms with Gasteiger partial charge in [-0.3, -0.25) is 0 Å². The zero-order valence-electron chi connectivity index (χ0n) is 12.3. The van der Waals surface area contributed by atoms with Gasteiger partial charge in [0.15, 0.2) is 0 Å². The first-order chi connectivity index (χ1) is 10.3. The molecule has 0 saturated heterocycles. The second kappa shape index (κ2) is 5.94. The first kappa shape index (κ1) is 13.6. The van der Waals surface area contributed by atoms with Crippen molar-refractivity contribution in [1.29, 1.82) is 0 Å². The van der Waals surface area contributed by atoms with Gasteiger partial charge < -0.3 is 9.88 Å². The molecule has 3 rings (SSSR count). The maximum Gasteiger partial charge on any atom is 0.0947 e. The molecule has 1 atom stereocenters. The molecule has 1 unspecified atom stereocenters. The molecular weight excluding hydrogens is 258 g/mol. The summed E-state index contributed by atoms with van der Waals surface area (Å²) in [7, 11) is 3.95. The van der Waals surface area contributed by atoms with Crippen molar-refractivity contribution in [3.8, 4) is 11.1 Å². The van der Waals surface area contributed by atoms with Gasteiger partial charge >= 0.3 is 0 Å². The van der Waals surface area contributed by atoms with Crippen LogP contribution >= 0.6 is 0 Å². The Balaban J connectivity index is 1.89. The summed E-state index contributed by atoms with van der Waals surface area (Å²) in [6.07, 6.45) is 3.88. The van der Waals surface area contributed by atoms with Gasteiger partial charge in [-0.05, 0) is 23.7 Å². The third-order valence-corrected chi connectivity index (χ3v) is 3.66. The lowest BCUT2D eigenvalue weighted by atomic mass is 9.99. The number of hydrogen-bond acceptors (Lipinski definition) is 2. The molecule has 0 spiro atoms. The predicted octanol–water partition coefficient (Wildman–Crippen LogP) is 3.40. The van der Waals surface area contributed by atoms with E-state index >= 15 is 0 Å². The molecule has 106 valence electrons. The van der Waals surface area contributed by atoms with E-state index in [1.807, 2.05) is 37.3 Å². The predicted molar refractivity (Wildman–Crippen MR) is 86.0 cm³/mol. The summed E-state index contributed by atoms with van der Waals surface area (Å²) in [5.74, 6) is 0. The van der Waals surface area contributed by atoms with Gasteiger partial charge in [-0.2, -0.15) is 0 Å². The summed E-state index contributed by atoms with van der Waals surface area (Å²) in [4.78, 5) is 4.44. The van der Waals surface area contributed by atoms with Gasteiger partial charge in [0.05, 0.1) is 18.1 Å². The van der Waals surface area contributed by atoms with Gasteiger partial charge in [-0.15, -0.1) is 0 Å². The minimum Gasteiger partial charge on any atom is -0.340 e. The van der Waals surface area contributed by atoms with E-state index in [4.69, 9.17) is 0 Å². The molecule has 21 heavy (non-hydrogen) atoms. The summed E-state index contributed by atoms with van der Waals surface area (Å²) in [6.45, 7) is 0. The number of hydrogen-bond donors (Lipinski definition) is 1. The van der Waals surface area contributed by atoms with Gasteiger partial charge in [-0.1, -0.05) is 54.6 Å². The lowest BCUT2D eigenvalue weighted by molar-refractivity contribution is 0.674. The van der Waals surface area contributed by atoms with Crippen molar-refractivity contribution in [2.24, 2.45) is 7.05 Å². The molecule has 0 radical (unpaired) electrons.